The number of hydrogen-bond acceptors (Lipinski definition) is 2. The summed E-state index contributed by atoms with van der Waals surface area (Å²) in [6, 6.07) is 17.5. The molecule has 3 rings (SSSR count). The van der Waals surface area contributed by atoms with Crippen LogP contribution >= 0.6 is 0 Å². The van der Waals surface area contributed by atoms with Gasteiger partial charge in [-0.25, -0.2) is 0 Å². The number of hydrogen-bond donors (Lipinski definition) is 1. The molecule has 4 nitrogen and oxygen atoms in total. The highest BCUT2D eigenvalue weighted by atomic mass is 16.2. The van der Waals surface area contributed by atoms with Gasteiger partial charge in [0.15, 0.2) is 0 Å². The van der Waals surface area contributed by atoms with Gasteiger partial charge in [0.25, 0.3) is 0 Å². The summed E-state index contributed by atoms with van der Waals surface area (Å²) < 4.78 is 0. The summed E-state index contributed by atoms with van der Waals surface area (Å²) in [5.74, 6) is -0.346. The molecule has 0 saturated carbocycles. The maximum atomic E-state index is 12.4. The molecule has 4 heteroatoms. The Morgan fingerprint density at radius 2 is 1.79 bits per heavy atom. The molecule has 122 valence electrons. The van der Waals surface area contributed by atoms with E-state index in [2.05, 4.69) is 11.4 Å². The number of amides is 2. The molecule has 1 aliphatic heterocycles. The van der Waals surface area contributed by atoms with Crippen molar-refractivity contribution in [2.75, 3.05) is 18.0 Å². The molecule has 2 aromatic carbocycles. The van der Waals surface area contributed by atoms with E-state index in [0.29, 0.717) is 6.54 Å². The molecule has 0 bridgehead atoms. The molecule has 24 heavy (non-hydrogen) atoms. The zero-order valence-electron chi connectivity index (χ0n) is 13.4. The Morgan fingerprint density at radius 3 is 2.62 bits per heavy atom. The third-order valence-corrected chi connectivity index (χ3v) is 4.05. The van der Waals surface area contributed by atoms with Crippen LogP contribution in [0.1, 0.15) is 17.5 Å². The molecule has 0 aromatic heterocycles. The topological polar surface area (TPSA) is 49.4 Å². The van der Waals surface area contributed by atoms with Crippen LogP contribution in [0.15, 0.2) is 60.7 Å². The minimum atomic E-state index is -0.266. The average molecular weight is 320 g/mol. The number of aryl methyl sites for hydroxylation is 1. The predicted octanol–water partition coefficient (Wildman–Crippen LogP) is 2.80. The van der Waals surface area contributed by atoms with E-state index in [0.717, 1.165) is 24.1 Å². The van der Waals surface area contributed by atoms with Crippen LogP contribution in [0, 0.1) is 0 Å². The van der Waals surface area contributed by atoms with Crippen LogP contribution in [0.3, 0.4) is 0 Å². The quantitative estimate of drug-likeness (QED) is 0.881. The monoisotopic (exact) mass is 320 g/mol. The van der Waals surface area contributed by atoms with Gasteiger partial charge in [-0.3, -0.25) is 9.59 Å². The number of nitrogens with zero attached hydrogens (tertiary/aromatic N) is 1. The Labute approximate surface area is 141 Å². The lowest BCUT2D eigenvalue weighted by molar-refractivity contribution is -0.122. The standard InChI is InChI=1S/C20H20N2O2/c23-19(13-12-16-7-2-1-3-8-16)21-15-20(24)22-14-6-10-17-9-4-5-11-18(17)22/h1-5,7-9,11-13H,6,10,14-15H2,(H,21,23)/b13-12+. The average Bonchev–Trinajstić information content (AvgIpc) is 2.64. The van der Waals surface area contributed by atoms with E-state index in [-0.39, 0.29) is 18.4 Å². The van der Waals surface area contributed by atoms with Crippen LogP contribution in [0.2, 0.25) is 0 Å². The van der Waals surface area contributed by atoms with Crippen LogP contribution in [0.25, 0.3) is 6.08 Å². The van der Waals surface area contributed by atoms with Crippen LogP contribution in [-0.4, -0.2) is 24.9 Å². The number of anilines is 1. The molecule has 2 aromatic rings. The molecular formula is C20H20N2O2. The third-order valence-electron chi connectivity index (χ3n) is 4.05. The lowest BCUT2D eigenvalue weighted by atomic mass is 10.0. The smallest absolute Gasteiger partial charge is 0.246 e. The molecule has 1 aliphatic rings. The fourth-order valence-corrected chi connectivity index (χ4v) is 2.85. The molecular weight excluding hydrogens is 300 g/mol. The summed E-state index contributed by atoms with van der Waals surface area (Å²) in [7, 11) is 0. The van der Waals surface area contributed by atoms with Gasteiger partial charge in [-0.2, -0.15) is 0 Å². The first-order valence-electron chi connectivity index (χ1n) is 8.13. The van der Waals surface area contributed by atoms with Crippen molar-refractivity contribution in [2.24, 2.45) is 0 Å². The first-order valence-corrected chi connectivity index (χ1v) is 8.13. The van der Waals surface area contributed by atoms with Crippen LogP contribution in [-0.2, 0) is 16.0 Å². The van der Waals surface area contributed by atoms with E-state index >= 15 is 0 Å². The number of carbonyl (C=O) groups is 2. The van der Waals surface area contributed by atoms with Gasteiger partial charge in [0, 0.05) is 18.3 Å². The minimum absolute atomic E-state index is 0.00625. The van der Waals surface area contributed by atoms with Crippen LogP contribution in [0.4, 0.5) is 5.69 Å². The fourth-order valence-electron chi connectivity index (χ4n) is 2.85. The Hall–Kier alpha value is -2.88. The van der Waals surface area contributed by atoms with Crippen LogP contribution in [0.5, 0.6) is 0 Å². The second kappa shape index (κ2) is 7.59. The first kappa shape index (κ1) is 16.0. The molecule has 0 atom stereocenters. The van der Waals surface area contributed by atoms with Crippen LogP contribution < -0.4 is 10.2 Å². The molecule has 1 heterocycles. The Kier molecular flexibility index (Phi) is 5.06. The fraction of sp³-hybridized carbons (Fsp3) is 0.200. The predicted molar refractivity (Wildman–Crippen MR) is 95.6 cm³/mol. The van der Waals surface area contributed by atoms with Crippen molar-refractivity contribution in [1.82, 2.24) is 5.32 Å². The maximum Gasteiger partial charge on any atom is 0.246 e. The molecule has 1 N–H and O–H groups in total. The van der Waals surface area contributed by atoms with Gasteiger partial charge in [0.1, 0.15) is 0 Å². The van der Waals surface area contributed by atoms with Crippen molar-refractivity contribution in [1.29, 1.82) is 0 Å². The summed E-state index contributed by atoms with van der Waals surface area (Å²) in [5.41, 5.74) is 3.10. The van der Waals surface area contributed by atoms with E-state index in [1.54, 1.807) is 11.0 Å². The summed E-state index contributed by atoms with van der Waals surface area (Å²) in [6.07, 6.45) is 5.12. The largest absolute Gasteiger partial charge is 0.343 e. The van der Waals surface area contributed by atoms with Gasteiger partial charge in [-0.1, -0.05) is 48.5 Å². The third kappa shape index (κ3) is 3.90. The number of carbonyl (C=O) groups excluding carboxylic acids is 2. The zero-order valence-corrected chi connectivity index (χ0v) is 13.4. The molecule has 0 fully saturated rings. The molecule has 0 radical (unpaired) electrons. The molecule has 0 saturated heterocycles. The lowest BCUT2D eigenvalue weighted by Crippen LogP contribution is -2.42. The Bertz CT molecular complexity index is 753. The minimum Gasteiger partial charge on any atom is -0.343 e. The normalized spacial score (nSPS) is 13.6. The van der Waals surface area contributed by atoms with Crippen molar-refractivity contribution in [3.63, 3.8) is 0 Å². The van der Waals surface area contributed by atoms with E-state index in [9.17, 15) is 9.59 Å². The summed E-state index contributed by atoms with van der Waals surface area (Å²) in [5, 5.41) is 2.66. The van der Waals surface area contributed by atoms with E-state index in [1.165, 1.54) is 11.6 Å². The first-order chi connectivity index (χ1) is 11.7. The highest BCUT2D eigenvalue weighted by Gasteiger charge is 2.21. The number of benzene rings is 2. The SMILES string of the molecule is O=C(/C=C/c1ccccc1)NCC(=O)N1CCCc2ccccc21. The van der Waals surface area contributed by atoms with Crippen molar-refractivity contribution in [2.45, 2.75) is 12.8 Å². The van der Waals surface area contributed by atoms with Gasteiger partial charge in [-0.15, -0.1) is 0 Å². The van der Waals surface area contributed by atoms with E-state index in [4.69, 9.17) is 0 Å². The van der Waals surface area contributed by atoms with E-state index < -0.39 is 0 Å². The van der Waals surface area contributed by atoms with Gasteiger partial charge in [0.2, 0.25) is 11.8 Å². The molecule has 0 spiro atoms. The summed E-state index contributed by atoms with van der Waals surface area (Å²) in [4.78, 5) is 26.1. The summed E-state index contributed by atoms with van der Waals surface area (Å²) >= 11 is 0. The van der Waals surface area contributed by atoms with Crippen molar-refractivity contribution >= 4 is 23.6 Å². The molecule has 0 aliphatic carbocycles. The van der Waals surface area contributed by atoms with Gasteiger partial charge < -0.3 is 10.2 Å². The number of rotatable bonds is 4. The van der Waals surface area contributed by atoms with Gasteiger partial charge >= 0.3 is 0 Å². The Balaban J connectivity index is 1.56. The van der Waals surface area contributed by atoms with Crippen molar-refractivity contribution < 1.29 is 9.59 Å². The Morgan fingerprint density at radius 1 is 1.04 bits per heavy atom. The van der Waals surface area contributed by atoms with Crippen molar-refractivity contribution in [3.05, 3.63) is 71.8 Å². The highest BCUT2D eigenvalue weighted by molar-refractivity contribution is 5.99. The number of nitrogens with one attached hydrogen (secondary N) is 1. The zero-order chi connectivity index (χ0) is 16.8. The number of para-hydroxylation sites is 1. The second-order valence-corrected chi connectivity index (χ2v) is 5.74. The van der Waals surface area contributed by atoms with E-state index in [1.807, 2.05) is 48.5 Å². The molecule has 0 unspecified atom stereocenters. The van der Waals surface area contributed by atoms with Gasteiger partial charge in [-0.05, 0) is 36.1 Å². The second-order valence-electron chi connectivity index (χ2n) is 5.74. The maximum absolute atomic E-state index is 12.4. The number of fused-ring (bicyclic) bond motifs is 1. The summed E-state index contributed by atoms with van der Waals surface area (Å²) in [6.45, 7) is 0.706. The molecule has 2 amide bonds. The highest BCUT2D eigenvalue weighted by Crippen LogP contribution is 2.26. The van der Waals surface area contributed by atoms with Crippen molar-refractivity contribution in [3.8, 4) is 0 Å². The van der Waals surface area contributed by atoms with Gasteiger partial charge in [0.05, 0.1) is 6.54 Å². The lowest BCUT2D eigenvalue weighted by Gasteiger charge is -2.29.